The van der Waals surface area contributed by atoms with Crippen molar-refractivity contribution in [3.05, 3.63) is 71.3 Å². The number of hydrogen-bond acceptors (Lipinski definition) is 8. The van der Waals surface area contributed by atoms with Crippen LogP contribution in [0, 0.1) is 0 Å². The number of nitrogens with two attached hydrogens (primary N) is 1. The summed E-state index contributed by atoms with van der Waals surface area (Å²) in [6, 6.07) is 15.6. The summed E-state index contributed by atoms with van der Waals surface area (Å²) in [5.41, 5.74) is 7.77. The summed E-state index contributed by atoms with van der Waals surface area (Å²) < 4.78 is 40.7. The van der Waals surface area contributed by atoms with Crippen LogP contribution in [0.1, 0.15) is 36.6 Å². The van der Waals surface area contributed by atoms with Gasteiger partial charge in [-0.25, -0.2) is 9.69 Å². The Bertz CT molecular complexity index is 1110. The zero-order chi connectivity index (χ0) is 24.9. The summed E-state index contributed by atoms with van der Waals surface area (Å²) in [5, 5.41) is 0. The lowest BCUT2D eigenvalue weighted by Crippen LogP contribution is -2.49. The van der Waals surface area contributed by atoms with Crippen molar-refractivity contribution in [1.82, 2.24) is 4.90 Å². The van der Waals surface area contributed by atoms with Gasteiger partial charge in [0, 0.05) is 6.54 Å². The molecule has 2 N–H and O–H groups in total. The van der Waals surface area contributed by atoms with Gasteiger partial charge in [-0.1, -0.05) is 54.6 Å². The Morgan fingerprint density at radius 2 is 1.82 bits per heavy atom. The van der Waals surface area contributed by atoms with Gasteiger partial charge in [-0.3, -0.25) is 8.98 Å². The molecule has 0 aromatic heterocycles. The van der Waals surface area contributed by atoms with Gasteiger partial charge in [-0.05, 0) is 37.0 Å². The van der Waals surface area contributed by atoms with Gasteiger partial charge in [0.15, 0.2) is 6.10 Å². The molecule has 9 nitrogen and oxygen atoms in total. The molecule has 2 amide bonds. The lowest BCUT2D eigenvalue weighted by atomic mass is 9.99. The molecule has 3 rings (SSSR count). The number of imide groups is 1. The number of nitrogens with zero attached hydrogens (tertiary/aromatic N) is 1. The highest BCUT2D eigenvalue weighted by atomic mass is 32.2. The number of carbonyl (C=O) groups is 2. The van der Waals surface area contributed by atoms with E-state index in [0.29, 0.717) is 12.0 Å². The van der Waals surface area contributed by atoms with Crippen LogP contribution < -0.4 is 5.73 Å². The van der Waals surface area contributed by atoms with E-state index in [1.165, 1.54) is 0 Å². The quantitative estimate of drug-likeness (QED) is 0.504. The largest absolute Gasteiger partial charge is 0.447 e. The second-order valence-electron chi connectivity index (χ2n) is 8.40. The monoisotopic (exact) mass is 490 g/mol. The summed E-state index contributed by atoms with van der Waals surface area (Å²) in [5.74, 6) is -0.732. The molecule has 3 atom stereocenters. The third-order valence-electron chi connectivity index (χ3n) is 5.24. The normalized spacial score (nSPS) is 18.1. The fourth-order valence-corrected chi connectivity index (χ4v) is 4.41. The van der Waals surface area contributed by atoms with Crippen molar-refractivity contribution in [2.24, 2.45) is 5.73 Å². The molecule has 1 aliphatic rings. The zero-order valence-electron chi connectivity index (χ0n) is 19.4. The molecule has 10 heteroatoms. The van der Waals surface area contributed by atoms with Gasteiger partial charge in [0.1, 0.15) is 12.7 Å². The highest BCUT2D eigenvalue weighted by molar-refractivity contribution is 7.86. The SMILES string of the molecule is CC(C)O[C@@H](C(=O)N1C(=O)OC[C@@H]1Cc1ccccc1)[C@H](OS(C)(=O)=O)c1cccc(CN)c1. The molecule has 0 unspecified atom stereocenters. The van der Waals surface area contributed by atoms with E-state index in [1.54, 1.807) is 38.1 Å². The van der Waals surface area contributed by atoms with E-state index in [2.05, 4.69) is 0 Å². The Hall–Kier alpha value is -2.79. The number of ether oxygens (including phenoxy) is 2. The number of rotatable bonds is 10. The molecule has 1 saturated heterocycles. The highest BCUT2D eigenvalue weighted by Gasteiger charge is 2.45. The minimum Gasteiger partial charge on any atom is -0.447 e. The third kappa shape index (κ3) is 6.63. The van der Waals surface area contributed by atoms with Crippen LogP contribution in [0.3, 0.4) is 0 Å². The van der Waals surface area contributed by atoms with Crippen molar-refractivity contribution in [3.8, 4) is 0 Å². The molecule has 1 aliphatic heterocycles. The lowest BCUT2D eigenvalue weighted by molar-refractivity contribution is -0.152. The predicted molar refractivity (Wildman–Crippen MR) is 125 cm³/mol. The number of carbonyl (C=O) groups excluding carboxylic acids is 2. The Morgan fingerprint density at radius 3 is 2.44 bits per heavy atom. The zero-order valence-corrected chi connectivity index (χ0v) is 20.2. The number of cyclic esters (lactones) is 1. The van der Waals surface area contributed by atoms with Gasteiger partial charge < -0.3 is 15.2 Å². The lowest BCUT2D eigenvalue weighted by Gasteiger charge is -2.31. The van der Waals surface area contributed by atoms with E-state index in [1.807, 2.05) is 30.3 Å². The molecule has 0 radical (unpaired) electrons. The molecule has 1 heterocycles. The van der Waals surface area contributed by atoms with Crippen LogP contribution in [-0.4, -0.2) is 56.4 Å². The van der Waals surface area contributed by atoms with Crippen molar-refractivity contribution < 1.29 is 31.7 Å². The molecule has 184 valence electrons. The van der Waals surface area contributed by atoms with Crippen LogP contribution in [0.15, 0.2) is 54.6 Å². The number of hydrogen-bond donors (Lipinski definition) is 1. The van der Waals surface area contributed by atoms with Crippen LogP contribution >= 0.6 is 0 Å². The van der Waals surface area contributed by atoms with Gasteiger partial charge >= 0.3 is 6.09 Å². The molecule has 0 spiro atoms. The Balaban J connectivity index is 2.00. The van der Waals surface area contributed by atoms with Crippen molar-refractivity contribution >= 4 is 22.1 Å². The van der Waals surface area contributed by atoms with Crippen molar-refractivity contribution in [2.45, 2.75) is 51.2 Å². The maximum atomic E-state index is 13.7. The van der Waals surface area contributed by atoms with Crippen molar-refractivity contribution in [2.75, 3.05) is 12.9 Å². The van der Waals surface area contributed by atoms with E-state index in [0.717, 1.165) is 22.3 Å². The number of amides is 2. The van der Waals surface area contributed by atoms with Crippen LogP contribution in [0.4, 0.5) is 4.79 Å². The van der Waals surface area contributed by atoms with E-state index in [9.17, 15) is 18.0 Å². The van der Waals surface area contributed by atoms with Crippen LogP contribution in [0.25, 0.3) is 0 Å². The van der Waals surface area contributed by atoms with Crippen LogP contribution in [0.5, 0.6) is 0 Å². The van der Waals surface area contributed by atoms with E-state index in [-0.39, 0.29) is 13.2 Å². The van der Waals surface area contributed by atoms with E-state index < -0.39 is 46.5 Å². The molecular weight excluding hydrogens is 460 g/mol. The fraction of sp³-hybridized carbons (Fsp3) is 0.417. The molecule has 2 aromatic rings. The molecule has 34 heavy (non-hydrogen) atoms. The minimum absolute atomic E-state index is 0.0219. The summed E-state index contributed by atoms with van der Waals surface area (Å²) in [6.07, 6.45) is -2.76. The second-order valence-corrected chi connectivity index (χ2v) is 10.0. The molecule has 0 bridgehead atoms. The fourth-order valence-electron chi connectivity index (χ4n) is 3.82. The summed E-state index contributed by atoms with van der Waals surface area (Å²) in [4.78, 5) is 27.4. The first kappa shape index (κ1) is 25.8. The van der Waals surface area contributed by atoms with E-state index in [4.69, 9.17) is 19.4 Å². The molecule has 1 fully saturated rings. The van der Waals surface area contributed by atoms with Gasteiger partial charge in [-0.15, -0.1) is 0 Å². The molecular formula is C24H30N2O7S. The van der Waals surface area contributed by atoms with Crippen molar-refractivity contribution in [3.63, 3.8) is 0 Å². The number of benzene rings is 2. The standard InChI is InChI=1S/C24H30N2O7S/c1-16(2)32-22(21(33-34(3,29)30)19-11-7-10-18(12-19)14-25)23(27)26-20(15-31-24(26)28)13-17-8-5-4-6-9-17/h4-12,16,20-22H,13-15,25H2,1-3H3/t20-,21+,22+/m0/s1. The summed E-state index contributed by atoms with van der Waals surface area (Å²) in [6.45, 7) is 3.64. The van der Waals surface area contributed by atoms with Gasteiger partial charge in [0.05, 0.1) is 18.4 Å². The topological polar surface area (TPSA) is 125 Å². The Morgan fingerprint density at radius 1 is 1.15 bits per heavy atom. The average molecular weight is 491 g/mol. The van der Waals surface area contributed by atoms with Gasteiger partial charge in [0.2, 0.25) is 0 Å². The Labute approximate surface area is 199 Å². The van der Waals surface area contributed by atoms with E-state index >= 15 is 0 Å². The van der Waals surface area contributed by atoms with Gasteiger partial charge in [-0.2, -0.15) is 8.42 Å². The molecule has 2 aromatic carbocycles. The van der Waals surface area contributed by atoms with Gasteiger partial charge in [0.25, 0.3) is 16.0 Å². The Kier molecular flexibility index (Phi) is 8.42. The predicted octanol–water partition coefficient (Wildman–Crippen LogP) is 2.55. The molecule has 0 aliphatic carbocycles. The maximum Gasteiger partial charge on any atom is 0.417 e. The summed E-state index contributed by atoms with van der Waals surface area (Å²) in [7, 11) is -4.00. The van der Waals surface area contributed by atoms with Crippen LogP contribution in [0.2, 0.25) is 0 Å². The average Bonchev–Trinajstić information content (AvgIpc) is 3.15. The maximum absolute atomic E-state index is 13.7. The molecule has 0 saturated carbocycles. The minimum atomic E-state index is -4.00. The van der Waals surface area contributed by atoms with Crippen molar-refractivity contribution in [1.29, 1.82) is 0 Å². The first-order valence-corrected chi connectivity index (χ1v) is 12.8. The third-order valence-corrected chi connectivity index (χ3v) is 5.80. The summed E-state index contributed by atoms with van der Waals surface area (Å²) >= 11 is 0. The smallest absolute Gasteiger partial charge is 0.417 e. The second kappa shape index (κ2) is 11.1. The first-order chi connectivity index (χ1) is 16.1. The first-order valence-electron chi connectivity index (χ1n) is 11.0. The van der Waals surface area contributed by atoms with Crippen LogP contribution in [-0.2, 0) is 41.5 Å². The highest BCUT2D eigenvalue weighted by Crippen LogP contribution is 2.30.